The van der Waals surface area contributed by atoms with Gasteiger partial charge in [0.1, 0.15) is 62.9 Å². The van der Waals surface area contributed by atoms with Crippen molar-refractivity contribution in [1.29, 1.82) is 21.0 Å². The first-order valence-electron chi connectivity index (χ1n) is 40.3. The Morgan fingerprint density at radius 3 is 1.06 bits per heavy atom. The van der Waals surface area contributed by atoms with Crippen LogP contribution in [0.1, 0.15) is 74.9 Å². The molecule has 24 aromatic rings. The Balaban J connectivity index is 0.823. The van der Waals surface area contributed by atoms with Crippen molar-refractivity contribution in [3.63, 3.8) is 0 Å². The Morgan fingerprint density at radius 2 is 0.625 bits per heavy atom. The highest BCUT2D eigenvalue weighted by Gasteiger charge is 2.34. The van der Waals surface area contributed by atoms with Crippen LogP contribution < -0.4 is 0 Å². The van der Waals surface area contributed by atoms with E-state index in [1.165, 1.54) is 0 Å². The number of nitriles is 4. The van der Waals surface area contributed by atoms with Crippen LogP contribution in [0.4, 0.5) is 0 Å². The van der Waals surface area contributed by atoms with Crippen molar-refractivity contribution in [2.75, 3.05) is 0 Å². The highest BCUT2D eigenvalue weighted by atomic mass is 16.3. The molecule has 12 heteroatoms. The molecule has 16 aromatic carbocycles. The summed E-state index contributed by atoms with van der Waals surface area (Å²) in [4.78, 5) is 0. The SMILES string of the molecule is CC(C)(C)c1ccc2c(c1)c1c3oc4ccccc4c3ccc1n2-c1cc(-n2c3ccc(C(C)(C)C)cc3c3c4oc5ccccc5c4ccc32)c(C#N)c(-c2cccc3c2oc2c3ccc3c2c2cc(-c4ccccc4)ccc2n3-c2cc(C#N)cc(C#N)c2-n2c3ccc(-c4ccccc4)cc3c3c4oc5ccccc5c4ccc32)c1C#N. The second kappa shape index (κ2) is 24.7. The van der Waals surface area contributed by atoms with E-state index in [9.17, 15) is 21.0 Å². The maximum Gasteiger partial charge on any atom is 0.145 e. The molecule has 12 nitrogen and oxygen atoms in total. The van der Waals surface area contributed by atoms with Crippen molar-refractivity contribution in [3.8, 4) is 80.4 Å². The Kier molecular flexibility index (Phi) is 14.1. The van der Waals surface area contributed by atoms with Gasteiger partial charge in [0, 0.05) is 75.8 Å². The van der Waals surface area contributed by atoms with Gasteiger partial charge in [-0.3, -0.25) is 0 Å². The largest absolute Gasteiger partial charge is 0.455 e. The number of rotatable bonds is 7. The third-order valence-electron chi connectivity index (χ3n) is 25.2. The van der Waals surface area contributed by atoms with Crippen molar-refractivity contribution in [2.45, 2.75) is 52.4 Å². The van der Waals surface area contributed by atoms with E-state index in [1.807, 2.05) is 109 Å². The van der Waals surface area contributed by atoms with Gasteiger partial charge in [-0.15, -0.1) is 0 Å². The first-order valence-corrected chi connectivity index (χ1v) is 40.3. The van der Waals surface area contributed by atoms with Crippen LogP contribution in [-0.2, 0) is 10.8 Å². The van der Waals surface area contributed by atoms with E-state index in [1.54, 1.807) is 6.07 Å². The smallest absolute Gasteiger partial charge is 0.145 e. The van der Waals surface area contributed by atoms with E-state index < -0.39 is 0 Å². The van der Waals surface area contributed by atoms with Crippen molar-refractivity contribution >= 4 is 175 Å². The molecule has 0 fully saturated rings. The van der Waals surface area contributed by atoms with Crippen molar-refractivity contribution in [1.82, 2.24) is 18.3 Å². The number of hydrogen-bond donors (Lipinski definition) is 0. The predicted molar refractivity (Wildman–Crippen MR) is 485 cm³/mol. The van der Waals surface area contributed by atoms with Gasteiger partial charge in [-0.1, -0.05) is 199 Å². The predicted octanol–water partition coefficient (Wildman–Crippen LogP) is 28.8. The number of para-hydroxylation sites is 4. The molecule has 0 aliphatic rings. The number of fused-ring (bicyclic) bond motifs is 28. The summed E-state index contributed by atoms with van der Waals surface area (Å²) in [5, 5.41) is 63.0. The van der Waals surface area contributed by atoms with Crippen molar-refractivity contribution in [3.05, 3.63) is 325 Å². The summed E-state index contributed by atoms with van der Waals surface area (Å²) in [6, 6.07) is 111. The Morgan fingerprint density at radius 1 is 0.258 bits per heavy atom. The maximum absolute atomic E-state index is 12.7. The molecule has 0 amide bonds. The molecule has 0 bridgehead atoms. The van der Waals surface area contributed by atoms with Gasteiger partial charge in [-0.2, -0.15) is 21.0 Å². The highest BCUT2D eigenvalue weighted by Crippen LogP contribution is 2.53. The molecule has 0 atom stereocenters. The summed E-state index contributed by atoms with van der Waals surface area (Å²) in [6.45, 7) is 13.3. The van der Waals surface area contributed by atoms with E-state index in [0.29, 0.717) is 50.6 Å². The number of hydrogen-bond acceptors (Lipinski definition) is 8. The van der Waals surface area contributed by atoms with Crippen molar-refractivity contribution < 1.29 is 17.7 Å². The molecule has 8 heterocycles. The van der Waals surface area contributed by atoms with Gasteiger partial charge in [-0.05, 0) is 178 Å². The van der Waals surface area contributed by atoms with Crippen LogP contribution in [0.15, 0.2) is 309 Å². The number of furan rings is 4. The summed E-state index contributed by atoms with van der Waals surface area (Å²) < 4.78 is 37.6. The lowest BCUT2D eigenvalue weighted by molar-refractivity contribution is 0.591. The van der Waals surface area contributed by atoms with Gasteiger partial charge in [0.15, 0.2) is 0 Å². The maximum atomic E-state index is 12.7. The van der Waals surface area contributed by atoms with E-state index in [-0.39, 0.29) is 27.5 Å². The second-order valence-corrected chi connectivity index (χ2v) is 33.8. The summed E-state index contributed by atoms with van der Waals surface area (Å²) in [7, 11) is 0. The van der Waals surface area contributed by atoms with Gasteiger partial charge in [0.2, 0.25) is 0 Å². The summed E-state index contributed by atoms with van der Waals surface area (Å²) in [5.41, 5.74) is 21.8. The molecule has 0 saturated heterocycles. The number of aromatic nitrogens is 4. The fourth-order valence-electron chi connectivity index (χ4n) is 19.7. The van der Waals surface area contributed by atoms with Gasteiger partial charge in [0.05, 0.1) is 117 Å². The molecule has 562 valence electrons. The zero-order valence-electron chi connectivity index (χ0n) is 65.9. The summed E-state index contributed by atoms with van der Waals surface area (Å²) in [5.74, 6) is 0. The van der Waals surface area contributed by atoms with E-state index >= 15 is 0 Å². The average Bonchev–Trinajstić information content (AvgIpc) is 1.54. The molecule has 120 heavy (non-hydrogen) atoms. The zero-order chi connectivity index (χ0) is 80.6. The summed E-state index contributed by atoms with van der Waals surface area (Å²) >= 11 is 0. The highest BCUT2D eigenvalue weighted by molar-refractivity contribution is 6.30. The van der Waals surface area contributed by atoms with E-state index in [4.69, 9.17) is 17.7 Å². The fourth-order valence-corrected chi connectivity index (χ4v) is 19.7. The molecule has 0 saturated carbocycles. The third-order valence-corrected chi connectivity index (χ3v) is 25.2. The van der Waals surface area contributed by atoms with Gasteiger partial charge >= 0.3 is 0 Å². The molecule has 0 N–H and O–H groups in total. The van der Waals surface area contributed by atoms with Crippen LogP contribution in [0.3, 0.4) is 0 Å². The number of nitrogens with zero attached hydrogens (tertiary/aromatic N) is 8. The van der Waals surface area contributed by atoms with Crippen molar-refractivity contribution in [2.24, 2.45) is 0 Å². The number of benzene rings is 16. The lowest BCUT2D eigenvalue weighted by Gasteiger charge is -2.21. The van der Waals surface area contributed by atoms with Crippen LogP contribution in [0.2, 0.25) is 0 Å². The molecule has 0 radical (unpaired) electrons. The quantitative estimate of drug-likeness (QED) is 0.152. The zero-order valence-corrected chi connectivity index (χ0v) is 65.9. The van der Waals surface area contributed by atoms with Gasteiger partial charge in [-0.25, -0.2) is 0 Å². The lowest BCUT2D eigenvalue weighted by Crippen LogP contribution is -2.11. The average molecular weight is 1540 g/mol. The van der Waals surface area contributed by atoms with Crippen LogP contribution in [0, 0.1) is 45.3 Å². The molecule has 0 spiro atoms. The Bertz CT molecular complexity index is 8690. The Labute approximate surface area is 685 Å². The van der Waals surface area contributed by atoms with Crippen LogP contribution >= 0.6 is 0 Å². The minimum Gasteiger partial charge on any atom is -0.455 e. The molecular weight excluding hydrogens is 1470 g/mol. The van der Waals surface area contributed by atoms with Crippen LogP contribution in [0.5, 0.6) is 0 Å². The first-order chi connectivity index (χ1) is 58.6. The third kappa shape index (κ3) is 9.47. The molecular formula is C108H66N8O4. The molecule has 24 rings (SSSR count). The second-order valence-electron chi connectivity index (χ2n) is 33.8. The minimum atomic E-state index is -0.249. The molecule has 0 aliphatic heterocycles. The fraction of sp³-hybridized carbons (Fsp3) is 0.0741. The molecule has 8 aromatic heterocycles. The normalized spacial score (nSPS) is 12.4. The van der Waals surface area contributed by atoms with Crippen LogP contribution in [-0.4, -0.2) is 18.3 Å². The first kappa shape index (κ1) is 68.3. The minimum absolute atomic E-state index is 0.247. The summed E-state index contributed by atoms with van der Waals surface area (Å²) in [6.07, 6.45) is 0. The lowest BCUT2D eigenvalue weighted by atomic mass is 9.86. The van der Waals surface area contributed by atoms with Crippen LogP contribution in [0.25, 0.3) is 231 Å². The molecule has 0 unspecified atom stereocenters. The van der Waals surface area contributed by atoms with Gasteiger partial charge in [0.25, 0.3) is 0 Å². The molecule has 0 aliphatic carbocycles. The van der Waals surface area contributed by atoms with Gasteiger partial charge < -0.3 is 35.9 Å². The van der Waals surface area contributed by atoms with E-state index in [0.717, 1.165) is 197 Å². The Hall–Kier alpha value is -16.1. The standard InChI is InChI=1S/C108H66N8O4/c1-107(2,3)65-34-42-83-78(52-65)99-86(44-36-71-67-24-13-17-30-94(67)118-104(71)99)113(83)90-54-91(114-84-43-35-66(108(4,5)6)53-79(84)100-87(114)45-37-72-68-25-14-18-31-95(68)119-105(72)100)81(58-112)96(80(90)57-111)75-28-19-27-70-74-39-46-88-97(106(74)120-102(70)75)76-50-62(60-20-9-7-10-21-60)32-40-82(76)115(88)92-49-59(55-109)48-64(56-110)101(92)116-85-41-33-63(61-22-11-8-12-23-61)51-77(85)98-89(116)47-38-73-69-26-15-16-29-93(69)117-103(73)98/h7-54H,1-6H3. The topological polar surface area (TPSA) is 167 Å². The van der Waals surface area contributed by atoms with E-state index in [2.05, 4.69) is 260 Å². The monoisotopic (exact) mass is 1540 g/mol.